The normalized spacial score (nSPS) is 28.0. The van der Waals surface area contributed by atoms with Crippen molar-refractivity contribution in [3.05, 3.63) is 35.6 Å². The van der Waals surface area contributed by atoms with Crippen LogP contribution in [-0.4, -0.2) is 75.2 Å². The number of hydrogen-bond acceptors (Lipinski definition) is 4. The summed E-state index contributed by atoms with van der Waals surface area (Å²) in [5.41, 5.74) is 0.366. The number of amides is 1. The molecule has 1 amide bonds. The molecule has 29 heavy (non-hydrogen) atoms. The molecule has 0 aromatic heterocycles. The molecule has 0 spiro atoms. The molecule has 1 saturated carbocycles. The minimum atomic E-state index is -3.50. The lowest BCUT2D eigenvalue weighted by Gasteiger charge is -2.34. The highest BCUT2D eigenvalue weighted by atomic mass is 32.2. The second-order valence-corrected chi connectivity index (χ2v) is 11.3. The van der Waals surface area contributed by atoms with Gasteiger partial charge in [-0.15, -0.1) is 0 Å². The van der Waals surface area contributed by atoms with E-state index in [1.54, 1.807) is 4.31 Å². The molecule has 2 saturated heterocycles. The summed E-state index contributed by atoms with van der Waals surface area (Å²) in [5.74, 6) is 0.0796. The van der Waals surface area contributed by atoms with Gasteiger partial charge in [-0.3, -0.25) is 4.79 Å². The van der Waals surface area contributed by atoms with Crippen LogP contribution in [0.3, 0.4) is 0 Å². The number of fused-ring (bicyclic) bond motifs is 1. The average Bonchev–Trinajstić information content (AvgIpc) is 3.08. The van der Waals surface area contributed by atoms with E-state index in [1.165, 1.54) is 24.3 Å². The number of carbonyl (C=O) groups excluding carboxylic acids is 1. The van der Waals surface area contributed by atoms with Crippen molar-refractivity contribution in [3.63, 3.8) is 0 Å². The summed E-state index contributed by atoms with van der Waals surface area (Å²) in [5, 5.41) is 0. The van der Waals surface area contributed by atoms with Crippen LogP contribution in [-0.2, 0) is 20.6 Å². The molecule has 160 valence electrons. The van der Waals surface area contributed by atoms with Crippen molar-refractivity contribution >= 4 is 15.9 Å². The van der Waals surface area contributed by atoms with Gasteiger partial charge in [-0.25, -0.2) is 17.1 Å². The van der Waals surface area contributed by atoms with Gasteiger partial charge in [-0.2, -0.15) is 0 Å². The maximum atomic E-state index is 13.1. The van der Waals surface area contributed by atoms with E-state index in [-0.39, 0.29) is 34.7 Å². The molecule has 2 atom stereocenters. The molecule has 1 aromatic rings. The SMILES string of the molecule is CN(C)CC12CN(C(=O)C3CCC3)CC1CN(S(=O)(=O)Cc1ccc(F)cc1)C2. The van der Waals surface area contributed by atoms with Crippen molar-refractivity contribution in [1.82, 2.24) is 14.1 Å². The maximum absolute atomic E-state index is 13.1. The summed E-state index contributed by atoms with van der Waals surface area (Å²) in [4.78, 5) is 16.9. The van der Waals surface area contributed by atoms with Crippen LogP contribution >= 0.6 is 0 Å². The van der Waals surface area contributed by atoms with Crippen LogP contribution in [0.2, 0.25) is 0 Å². The number of rotatable bonds is 6. The van der Waals surface area contributed by atoms with E-state index in [9.17, 15) is 17.6 Å². The number of sulfonamides is 1. The summed E-state index contributed by atoms with van der Waals surface area (Å²) in [6, 6.07) is 5.64. The number of carbonyl (C=O) groups is 1. The molecular weight excluding hydrogens is 393 g/mol. The van der Waals surface area contributed by atoms with Crippen molar-refractivity contribution in [2.45, 2.75) is 25.0 Å². The Bertz CT molecular complexity index is 870. The highest BCUT2D eigenvalue weighted by Gasteiger charge is 2.56. The van der Waals surface area contributed by atoms with Gasteiger partial charge in [-0.1, -0.05) is 18.6 Å². The number of likely N-dealkylation sites (tertiary alicyclic amines) is 1. The van der Waals surface area contributed by atoms with Crippen molar-refractivity contribution in [2.24, 2.45) is 17.3 Å². The third-order valence-corrected chi connectivity index (χ3v) is 8.54. The van der Waals surface area contributed by atoms with Crippen molar-refractivity contribution in [3.8, 4) is 0 Å². The lowest BCUT2D eigenvalue weighted by atomic mass is 9.80. The lowest BCUT2D eigenvalue weighted by Crippen LogP contribution is -2.45. The monoisotopic (exact) mass is 423 g/mol. The summed E-state index contributed by atoms with van der Waals surface area (Å²) < 4.78 is 40.9. The highest BCUT2D eigenvalue weighted by molar-refractivity contribution is 7.88. The first kappa shape index (κ1) is 20.8. The van der Waals surface area contributed by atoms with Gasteiger partial charge in [-0.05, 0) is 44.6 Å². The topological polar surface area (TPSA) is 60.9 Å². The Labute approximate surface area is 172 Å². The minimum absolute atomic E-state index is 0.122. The second kappa shape index (κ2) is 7.63. The van der Waals surface area contributed by atoms with E-state index in [0.29, 0.717) is 31.7 Å². The van der Waals surface area contributed by atoms with Gasteiger partial charge >= 0.3 is 0 Å². The second-order valence-electron chi connectivity index (χ2n) is 9.32. The Hall–Kier alpha value is -1.51. The fourth-order valence-corrected chi connectivity index (χ4v) is 6.82. The number of nitrogens with zero attached hydrogens (tertiary/aromatic N) is 3. The largest absolute Gasteiger partial charge is 0.341 e. The number of halogens is 1. The van der Waals surface area contributed by atoms with Crippen LogP contribution in [0.25, 0.3) is 0 Å². The molecule has 6 nitrogen and oxygen atoms in total. The van der Waals surface area contributed by atoms with Gasteiger partial charge in [0, 0.05) is 50.0 Å². The first-order chi connectivity index (χ1) is 13.7. The Kier molecular flexibility index (Phi) is 5.46. The molecule has 0 N–H and O–H groups in total. The predicted octanol–water partition coefficient (Wildman–Crippen LogP) is 1.78. The molecule has 3 fully saturated rings. The van der Waals surface area contributed by atoms with E-state index in [4.69, 9.17) is 0 Å². The van der Waals surface area contributed by atoms with Crippen molar-refractivity contribution in [2.75, 3.05) is 46.8 Å². The summed E-state index contributed by atoms with van der Waals surface area (Å²) >= 11 is 0. The minimum Gasteiger partial charge on any atom is -0.341 e. The van der Waals surface area contributed by atoms with Crippen LogP contribution in [0, 0.1) is 23.1 Å². The molecule has 2 aliphatic heterocycles. The Morgan fingerprint density at radius 1 is 1.17 bits per heavy atom. The van der Waals surface area contributed by atoms with Crippen LogP contribution in [0.5, 0.6) is 0 Å². The van der Waals surface area contributed by atoms with Crippen molar-refractivity contribution < 1.29 is 17.6 Å². The van der Waals surface area contributed by atoms with Crippen molar-refractivity contribution in [1.29, 1.82) is 0 Å². The van der Waals surface area contributed by atoms with E-state index < -0.39 is 10.0 Å². The molecule has 0 radical (unpaired) electrons. The molecule has 0 bridgehead atoms. The van der Waals surface area contributed by atoms with Gasteiger partial charge in [0.05, 0.1) is 5.75 Å². The summed E-state index contributed by atoms with van der Waals surface area (Å²) in [7, 11) is 0.495. The zero-order chi connectivity index (χ0) is 20.8. The molecule has 2 unspecified atom stereocenters. The summed E-state index contributed by atoms with van der Waals surface area (Å²) in [6.45, 7) is 2.92. The van der Waals surface area contributed by atoms with E-state index in [1.807, 2.05) is 19.0 Å². The zero-order valence-corrected chi connectivity index (χ0v) is 18.0. The van der Waals surface area contributed by atoms with E-state index >= 15 is 0 Å². The smallest absolute Gasteiger partial charge is 0.225 e. The quantitative estimate of drug-likeness (QED) is 0.700. The first-order valence-corrected chi connectivity index (χ1v) is 12.0. The molecule has 8 heteroatoms. The fourth-order valence-electron chi connectivity index (χ4n) is 5.16. The Morgan fingerprint density at radius 3 is 2.45 bits per heavy atom. The Morgan fingerprint density at radius 2 is 1.86 bits per heavy atom. The standard InChI is InChI=1S/C21H30FN3O3S/c1-23(2)13-21-14-24(20(26)17-4-3-5-17)10-18(21)11-25(15-21)29(27,28)12-16-6-8-19(22)9-7-16/h6-9,17-18H,3-5,10-15H2,1-2H3. The number of hydrogen-bond donors (Lipinski definition) is 0. The molecule has 1 aromatic carbocycles. The first-order valence-electron chi connectivity index (χ1n) is 10.3. The summed E-state index contributed by atoms with van der Waals surface area (Å²) in [6.07, 6.45) is 3.10. The van der Waals surface area contributed by atoms with Gasteiger partial charge in [0.25, 0.3) is 0 Å². The third kappa shape index (κ3) is 4.07. The van der Waals surface area contributed by atoms with Crippen LogP contribution in [0.1, 0.15) is 24.8 Å². The van der Waals surface area contributed by atoms with Gasteiger partial charge in [0.15, 0.2) is 0 Å². The van der Waals surface area contributed by atoms with E-state index in [2.05, 4.69) is 4.90 Å². The molecule has 3 aliphatic rings. The maximum Gasteiger partial charge on any atom is 0.225 e. The van der Waals surface area contributed by atoms with Crippen LogP contribution in [0.4, 0.5) is 4.39 Å². The van der Waals surface area contributed by atoms with Gasteiger partial charge in [0.1, 0.15) is 5.82 Å². The molecule has 1 aliphatic carbocycles. The lowest BCUT2D eigenvalue weighted by molar-refractivity contribution is -0.137. The molecular formula is C21H30FN3O3S. The fraction of sp³-hybridized carbons (Fsp3) is 0.667. The van der Waals surface area contributed by atoms with Gasteiger partial charge < -0.3 is 9.80 Å². The predicted molar refractivity (Wildman–Crippen MR) is 109 cm³/mol. The van der Waals surface area contributed by atoms with Crippen LogP contribution < -0.4 is 0 Å². The van der Waals surface area contributed by atoms with E-state index in [0.717, 1.165) is 25.8 Å². The highest BCUT2D eigenvalue weighted by Crippen LogP contribution is 2.45. The Balaban J connectivity index is 1.50. The van der Waals surface area contributed by atoms with Crippen LogP contribution in [0.15, 0.2) is 24.3 Å². The average molecular weight is 424 g/mol. The molecule has 4 rings (SSSR count). The molecule has 2 heterocycles. The third-order valence-electron chi connectivity index (χ3n) is 6.78. The zero-order valence-electron chi connectivity index (χ0n) is 17.2. The van der Waals surface area contributed by atoms with Gasteiger partial charge in [0.2, 0.25) is 15.9 Å². The number of benzene rings is 1.